The molecule has 0 aliphatic rings. The summed E-state index contributed by atoms with van der Waals surface area (Å²) >= 11 is 0. The molecule has 0 aromatic carbocycles. The van der Waals surface area contributed by atoms with Crippen molar-refractivity contribution >= 4 is 12.0 Å². The predicted molar refractivity (Wildman–Crippen MR) is 63.8 cm³/mol. The maximum absolute atomic E-state index is 11.8. The van der Waals surface area contributed by atoms with Crippen LogP contribution in [0.1, 0.15) is 33.1 Å². The van der Waals surface area contributed by atoms with E-state index in [4.69, 9.17) is 10.2 Å². The minimum Gasteiger partial charge on any atom is -0.480 e. The maximum atomic E-state index is 11.8. The Bertz CT molecular complexity index is 240. The number of urea groups is 1. The van der Waals surface area contributed by atoms with Gasteiger partial charge in [0.05, 0.1) is 0 Å². The molecule has 0 radical (unpaired) electrons. The van der Waals surface area contributed by atoms with Gasteiger partial charge in [-0.15, -0.1) is 0 Å². The number of aliphatic hydroxyl groups is 1. The zero-order chi connectivity index (χ0) is 13.3. The van der Waals surface area contributed by atoms with Crippen molar-refractivity contribution in [1.29, 1.82) is 0 Å². The van der Waals surface area contributed by atoms with E-state index in [0.29, 0.717) is 13.1 Å². The number of carbonyl (C=O) groups is 2. The van der Waals surface area contributed by atoms with Gasteiger partial charge < -0.3 is 20.4 Å². The van der Waals surface area contributed by atoms with E-state index in [2.05, 4.69) is 5.32 Å². The highest BCUT2D eigenvalue weighted by Gasteiger charge is 2.21. The Morgan fingerprint density at radius 3 is 2.12 bits per heavy atom. The Morgan fingerprint density at radius 1 is 1.24 bits per heavy atom. The number of aliphatic carboxylic acids is 1. The Labute approximate surface area is 102 Å². The molecule has 6 nitrogen and oxygen atoms in total. The number of rotatable bonds is 8. The van der Waals surface area contributed by atoms with Crippen LogP contribution in [0.4, 0.5) is 4.79 Å². The molecule has 0 bridgehead atoms. The molecule has 0 aliphatic heterocycles. The molecular formula is C11H22N2O4. The van der Waals surface area contributed by atoms with E-state index in [-0.39, 0.29) is 19.1 Å². The number of nitrogens with zero attached hydrogens (tertiary/aromatic N) is 1. The average Bonchev–Trinajstić information content (AvgIpc) is 2.28. The molecule has 1 atom stereocenters. The lowest BCUT2D eigenvalue weighted by atomic mass is 10.2. The highest BCUT2D eigenvalue weighted by Crippen LogP contribution is 1.98. The van der Waals surface area contributed by atoms with Crippen molar-refractivity contribution in [3.8, 4) is 0 Å². The van der Waals surface area contributed by atoms with Crippen LogP contribution in [0.3, 0.4) is 0 Å². The lowest BCUT2D eigenvalue weighted by Gasteiger charge is -2.24. The average molecular weight is 246 g/mol. The smallest absolute Gasteiger partial charge is 0.326 e. The molecular weight excluding hydrogens is 224 g/mol. The first-order valence-electron chi connectivity index (χ1n) is 5.95. The number of carbonyl (C=O) groups excluding carboxylic acids is 1. The van der Waals surface area contributed by atoms with Crippen molar-refractivity contribution < 1.29 is 19.8 Å². The minimum atomic E-state index is -1.12. The van der Waals surface area contributed by atoms with Crippen LogP contribution in [0.5, 0.6) is 0 Å². The molecule has 0 saturated carbocycles. The summed E-state index contributed by atoms with van der Waals surface area (Å²) in [6, 6.07) is -1.40. The quantitative estimate of drug-likeness (QED) is 0.586. The summed E-state index contributed by atoms with van der Waals surface area (Å²) in [7, 11) is 0. The second kappa shape index (κ2) is 8.81. The fourth-order valence-electron chi connectivity index (χ4n) is 1.48. The van der Waals surface area contributed by atoms with Gasteiger partial charge in [-0.3, -0.25) is 0 Å². The van der Waals surface area contributed by atoms with Crippen LogP contribution in [0.2, 0.25) is 0 Å². The molecule has 100 valence electrons. The predicted octanol–water partition coefficient (Wildman–Crippen LogP) is 0.654. The molecule has 1 unspecified atom stereocenters. The molecule has 0 aromatic rings. The Kier molecular flexibility index (Phi) is 8.13. The number of hydrogen-bond acceptors (Lipinski definition) is 3. The molecule has 0 spiro atoms. The van der Waals surface area contributed by atoms with Gasteiger partial charge in [-0.05, 0) is 12.8 Å². The van der Waals surface area contributed by atoms with E-state index in [1.807, 2.05) is 13.8 Å². The van der Waals surface area contributed by atoms with Gasteiger partial charge in [0.2, 0.25) is 0 Å². The van der Waals surface area contributed by atoms with Crippen LogP contribution in [0.15, 0.2) is 0 Å². The normalized spacial score (nSPS) is 11.9. The van der Waals surface area contributed by atoms with Crippen molar-refractivity contribution in [2.75, 3.05) is 19.7 Å². The van der Waals surface area contributed by atoms with Gasteiger partial charge in [-0.1, -0.05) is 13.8 Å². The molecule has 2 amide bonds. The van der Waals surface area contributed by atoms with Crippen molar-refractivity contribution in [1.82, 2.24) is 10.2 Å². The van der Waals surface area contributed by atoms with Gasteiger partial charge in [-0.2, -0.15) is 0 Å². The topological polar surface area (TPSA) is 89.9 Å². The first-order valence-corrected chi connectivity index (χ1v) is 5.95. The standard InChI is InChI=1S/C11H22N2O4/c1-3-6-13(7-4-2)11(17)12-9(5-8-14)10(15)16/h9,14H,3-8H2,1-2H3,(H,12,17)(H,15,16). The van der Waals surface area contributed by atoms with Gasteiger partial charge >= 0.3 is 12.0 Å². The number of hydrogen-bond donors (Lipinski definition) is 3. The van der Waals surface area contributed by atoms with E-state index in [9.17, 15) is 9.59 Å². The van der Waals surface area contributed by atoms with E-state index in [0.717, 1.165) is 12.8 Å². The van der Waals surface area contributed by atoms with E-state index in [1.165, 1.54) is 0 Å². The third kappa shape index (κ3) is 6.11. The second-order valence-corrected chi connectivity index (χ2v) is 3.84. The summed E-state index contributed by atoms with van der Waals surface area (Å²) in [6.07, 6.45) is 1.67. The molecule has 0 heterocycles. The molecule has 0 aromatic heterocycles. The van der Waals surface area contributed by atoms with Crippen LogP contribution in [-0.2, 0) is 4.79 Å². The Hall–Kier alpha value is -1.30. The molecule has 17 heavy (non-hydrogen) atoms. The van der Waals surface area contributed by atoms with Crippen LogP contribution >= 0.6 is 0 Å². The summed E-state index contributed by atoms with van der Waals surface area (Å²) < 4.78 is 0. The van der Waals surface area contributed by atoms with Gasteiger partial charge in [0, 0.05) is 26.1 Å². The van der Waals surface area contributed by atoms with Crippen molar-refractivity contribution in [2.45, 2.75) is 39.2 Å². The van der Waals surface area contributed by atoms with Crippen LogP contribution in [0.25, 0.3) is 0 Å². The molecule has 0 fully saturated rings. The largest absolute Gasteiger partial charge is 0.480 e. The van der Waals surface area contributed by atoms with Gasteiger partial charge in [0.15, 0.2) is 0 Å². The van der Waals surface area contributed by atoms with E-state index < -0.39 is 12.0 Å². The summed E-state index contributed by atoms with van der Waals surface area (Å²) in [5.74, 6) is -1.12. The third-order valence-corrected chi connectivity index (χ3v) is 2.29. The SMILES string of the molecule is CCCN(CCC)C(=O)NC(CCO)C(=O)O. The van der Waals surface area contributed by atoms with Gasteiger partial charge in [0.1, 0.15) is 6.04 Å². The Balaban J connectivity index is 4.38. The fourth-order valence-corrected chi connectivity index (χ4v) is 1.48. The summed E-state index contributed by atoms with van der Waals surface area (Å²) in [6.45, 7) is 4.85. The third-order valence-electron chi connectivity index (χ3n) is 2.29. The molecule has 6 heteroatoms. The van der Waals surface area contributed by atoms with E-state index >= 15 is 0 Å². The van der Waals surface area contributed by atoms with Gasteiger partial charge in [0.25, 0.3) is 0 Å². The number of carboxylic acids is 1. The van der Waals surface area contributed by atoms with Crippen molar-refractivity contribution in [3.63, 3.8) is 0 Å². The summed E-state index contributed by atoms with van der Waals surface area (Å²) in [5, 5.41) is 20.0. The lowest BCUT2D eigenvalue weighted by molar-refractivity contribution is -0.139. The minimum absolute atomic E-state index is 0.0210. The maximum Gasteiger partial charge on any atom is 0.326 e. The zero-order valence-electron chi connectivity index (χ0n) is 10.5. The zero-order valence-corrected chi connectivity index (χ0v) is 10.5. The number of aliphatic hydroxyl groups excluding tert-OH is 1. The van der Waals surface area contributed by atoms with Gasteiger partial charge in [-0.25, -0.2) is 9.59 Å². The molecule has 0 aliphatic carbocycles. The van der Waals surface area contributed by atoms with E-state index in [1.54, 1.807) is 4.90 Å². The number of nitrogens with one attached hydrogen (secondary N) is 1. The lowest BCUT2D eigenvalue weighted by Crippen LogP contribution is -2.48. The monoisotopic (exact) mass is 246 g/mol. The first-order chi connectivity index (χ1) is 8.06. The summed E-state index contributed by atoms with van der Waals surface area (Å²) in [4.78, 5) is 24.2. The molecule has 3 N–H and O–H groups in total. The van der Waals surface area contributed by atoms with Crippen LogP contribution in [-0.4, -0.2) is 52.9 Å². The number of amides is 2. The number of carboxylic acid groups (broad SMARTS) is 1. The summed E-state index contributed by atoms with van der Waals surface area (Å²) in [5.41, 5.74) is 0. The highest BCUT2D eigenvalue weighted by atomic mass is 16.4. The molecule has 0 rings (SSSR count). The molecule has 0 saturated heterocycles. The van der Waals surface area contributed by atoms with Crippen molar-refractivity contribution in [2.24, 2.45) is 0 Å². The Morgan fingerprint density at radius 2 is 1.76 bits per heavy atom. The van der Waals surface area contributed by atoms with Crippen LogP contribution in [0, 0.1) is 0 Å². The van der Waals surface area contributed by atoms with Crippen molar-refractivity contribution in [3.05, 3.63) is 0 Å². The highest BCUT2D eigenvalue weighted by molar-refractivity contribution is 5.82. The van der Waals surface area contributed by atoms with Crippen LogP contribution < -0.4 is 5.32 Å². The fraction of sp³-hybridized carbons (Fsp3) is 0.818. The first kappa shape index (κ1) is 15.7. The second-order valence-electron chi connectivity index (χ2n) is 3.84.